The van der Waals surface area contributed by atoms with E-state index in [9.17, 15) is 4.79 Å². The van der Waals surface area contributed by atoms with Gasteiger partial charge in [-0.15, -0.1) is 0 Å². The van der Waals surface area contributed by atoms with Gasteiger partial charge in [-0.25, -0.2) is 9.97 Å². The first kappa shape index (κ1) is 18.9. The van der Waals surface area contributed by atoms with Gasteiger partial charge in [-0.1, -0.05) is 53.6 Å². The Labute approximate surface area is 163 Å². The van der Waals surface area contributed by atoms with E-state index in [0.29, 0.717) is 29.6 Å². The number of hydrogen-bond donors (Lipinski definition) is 2. The van der Waals surface area contributed by atoms with Crippen LogP contribution in [0.4, 0.5) is 5.95 Å². The van der Waals surface area contributed by atoms with E-state index in [2.05, 4.69) is 51.8 Å². The molecule has 0 spiro atoms. The number of aryl methyl sites for hydroxylation is 1. The van der Waals surface area contributed by atoms with Crippen LogP contribution in [0.3, 0.4) is 0 Å². The van der Waals surface area contributed by atoms with Crippen molar-refractivity contribution in [3.63, 3.8) is 0 Å². The Kier molecular flexibility index (Phi) is 6.39. The molecule has 0 aliphatic carbocycles. The Balaban J connectivity index is 1.46. The van der Waals surface area contributed by atoms with Crippen LogP contribution in [-0.4, -0.2) is 22.4 Å². The summed E-state index contributed by atoms with van der Waals surface area (Å²) in [7, 11) is 0. The van der Waals surface area contributed by atoms with Crippen molar-refractivity contribution in [1.82, 2.24) is 15.3 Å². The van der Waals surface area contributed by atoms with Crippen LogP contribution >= 0.6 is 11.6 Å². The summed E-state index contributed by atoms with van der Waals surface area (Å²) in [6.45, 7) is 3.22. The van der Waals surface area contributed by atoms with Crippen molar-refractivity contribution >= 4 is 23.5 Å². The molecule has 6 heteroatoms. The lowest BCUT2D eigenvalue weighted by molar-refractivity contribution is 0.0953. The highest BCUT2D eigenvalue weighted by Gasteiger charge is 2.07. The first-order valence-corrected chi connectivity index (χ1v) is 9.12. The van der Waals surface area contributed by atoms with Gasteiger partial charge < -0.3 is 10.6 Å². The topological polar surface area (TPSA) is 66.9 Å². The van der Waals surface area contributed by atoms with E-state index in [0.717, 1.165) is 17.5 Å². The highest BCUT2D eigenvalue weighted by Crippen LogP contribution is 2.10. The summed E-state index contributed by atoms with van der Waals surface area (Å²) < 4.78 is 0. The quantitative estimate of drug-likeness (QED) is 0.649. The largest absolute Gasteiger partial charge is 0.352 e. The summed E-state index contributed by atoms with van der Waals surface area (Å²) in [6, 6.07) is 15.8. The van der Waals surface area contributed by atoms with E-state index in [1.54, 1.807) is 0 Å². The second kappa shape index (κ2) is 9.14. The number of benzene rings is 2. The molecular weight excluding hydrogens is 360 g/mol. The molecule has 2 N–H and O–H groups in total. The van der Waals surface area contributed by atoms with Crippen molar-refractivity contribution in [1.29, 1.82) is 0 Å². The second-order valence-corrected chi connectivity index (χ2v) is 6.70. The minimum atomic E-state index is -0.186. The number of amides is 1. The van der Waals surface area contributed by atoms with E-state index >= 15 is 0 Å². The maximum Gasteiger partial charge on any atom is 0.254 e. The number of anilines is 1. The Bertz CT molecular complexity index is 878. The lowest BCUT2D eigenvalue weighted by Crippen LogP contribution is -2.26. The zero-order chi connectivity index (χ0) is 19.1. The van der Waals surface area contributed by atoms with Crippen LogP contribution in [0.5, 0.6) is 0 Å². The minimum Gasteiger partial charge on any atom is -0.352 e. The number of aromatic nitrogens is 2. The summed E-state index contributed by atoms with van der Waals surface area (Å²) in [4.78, 5) is 20.6. The molecule has 1 aromatic heterocycles. The predicted octanol–water partition coefficient (Wildman–Crippen LogP) is 4.02. The van der Waals surface area contributed by atoms with Gasteiger partial charge in [-0.05, 0) is 36.6 Å². The molecule has 138 valence electrons. The molecule has 2 aromatic carbocycles. The molecule has 1 heterocycles. The molecule has 5 nitrogen and oxygen atoms in total. The average Bonchev–Trinajstić information content (AvgIpc) is 2.69. The molecule has 0 saturated carbocycles. The fourth-order valence-corrected chi connectivity index (χ4v) is 2.62. The summed E-state index contributed by atoms with van der Waals surface area (Å²) in [5.74, 6) is 0.308. The van der Waals surface area contributed by atoms with Gasteiger partial charge in [0.25, 0.3) is 5.91 Å². The van der Waals surface area contributed by atoms with Crippen molar-refractivity contribution in [2.45, 2.75) is 19.9 Å². The lowest BCUT2D eigenvalue weighted by Gasteiger charge is -2.07. The van der Waals surface area contributed by atoms with Gasteiger partial charge in [0.05, 0.1) is 5.56 Å². The third-order valence-electron chi connectivity index (χ3n) is 4.10. The SMILES string of the molecule is Cc1ccc(CNc2ncc(C(=O)NCCc3ccc(Cl)cc3)cn2)cc1. The third kappa shape index (κ3) is 5.79. The molecule has 3 rings (SSSR count). The monoisotopic (exact) mass is 380 g/mol. The van der Waals surface area contributed by atoms with Crippen molar-refractivity contribution in [3.05, 3.63) is 88.2 Å². The summed E-state index contributed by atoms with van der Waals surface area (Å²) in [5, 5.41) is 6.73. The Morgan fingerprint density at radius 3 is 2.26 bits per heavy atom. The zero-order valence-electron chi connectivity index (χ0n) is 15.1. The van der Waals surface area contributed by atoms with Gasteiger partial charge >= 0.3 is 0 Å². The van der Waals surface area contributed by atoms with Gasteiger partial charge in [0.15, 0.2) is 0 Å². The van der Waals surface area contributed by atoms with Gasteiger partial charge in [-0.2, -0.15) is 0 Å². The van der Waals surface area contributed by atoms with Crippen molar-refractivity contribution in [2.24, 2.45) is 0 Å². The molecule has 3 aromatic rings. The molecule has 0 unspecified atom stereocenters. The van der Waals surface area contributed by atoms with Crippen LogP contribution in [0.1, 0.15) is 27.0 Å². The van der Waals surface area contributed by atoms with Crippen LogP contribution in [0.2, 0.25) is 5.02 Å². The Morgan fingerprint density at radius 2 is 1.59 bits per heavy atom. The molecule has 0 fully saturated rings. The first-order valence-electron chi connectivity index (χ1n) is 8.74. The van der Waals surface area contributed by atoms with E-state index in [4.69, 9.17) is 11.6 Å². The van der Waals surface area contributed by atoms with Gasteiger partial charge in [0, 0.05) is 30.5 Å². The van der Waals surface area contributed by atoms with Gasteiger partial charge in [-0.3, -0.25) is 4.79 Å². The maximum absolute atomic E-state index is 12.2. The summed E-state index contributed by atoms with van der Waals surface area (Å²) >= 11 is 5.86. The second-order valence-electron chi connectivity index (χ2n) is 6.27. The van der Waals surface area contributed by atoms with Crippen LogP contribution in [0.25, 0.3) is 0 Å². The molecule has 27 heavy (non-hydrogen) atoms. The van der Waals surface area contributed by atoms with E-state index in [1.807, 2.05) is 24.3 Å². The fourth-order valence-electron chi connectivity index (χ4n) is 2.50. The van der Waals surface area contributed by atoms with Crippen LogP contribution in [0, 0.1) is 6.92 Å². The highest BCUT2D eigenvalue weighted by atomic mass is 35.5. The molecule has 0 radical (unpaired) electrons. The molecule has 0 atom stereocenters. The molecule has 0 saturated heterocycles. The van der Waals surface area contributed by atoms with Crippen molar-refractivity contribution < 1.29 is 4.79 Å². The van der Waals surface area contributed by atoms with E-state index in [-0.39, 0.29) is 5.91 Å². The number of rotatable bonds is 7. The lowest BCUT2D eigenvalue weighted by atomic mass is 10.1. The molecule has 0 bridgehead atoms. The Hall–Kier alpha value is -2.92. The number of halogens is 1. The fraction of sp³-hybridized carbons (Fsp3) is 0.190. The number of nitrogens with zero attached hydrogens (tertiary/aromatic N) is 2. The first-order chi connectivity index (χ1) is 13.1. The highest BCUT2D eigenvalue weighted by molar-refractivity contribution is 6.30. The molecule has 1 amide bonds. The van der Waals surface area contributed by atoms with Gasteiger partial charge in [0.2, 0.25) is 5.95 Å². The van der Waals surface area contributed by atoms with Crippen LogP contribution in [0.15, 0.2) is 60.9 Å². The summed E-state index contributed by atoms with van der Waals surface area (Å²) in [5.41, 5.74) is 3.92. The number of nitrogens with one attached hydrogen (secondary N) is 2. The number of hydrogen-bond acceptors (Lipinski definition) is 4. The number of carbonyl (C=O) groups excluding carboxylic acids is 1. The molecule has 0 aliphatic heterocycles. The standard InChI is InChI=1S/C21H21ClN4O/c1-15-2-4-17(5-3-15)12-24-21-25-13-18(14-26-21)20(27)23-11-10-16-6-8-19(22)9-7-16/h2-9,13-14H,10-12H2,1H3,(H,23,27)(H,24,25,26). The third-order valence-corrected chi connectivity index (χ3v) is 4.35. The Morgan fingerprint density at radius 1 is 0.963 bits per heavy atom. The van der Waals surface area contributed by atoms with E-state index < -0.39 is 0 Å². The van der Waals surface area contributed by atoms with Gasteiger partial charge in [0.1, 0.15) is 0 Å². The molecule has 0 aliphatic rings. The normalized spacial score (nSPS) is 10.4. The minimum absolute atomic E-state index is 0.186. The zero-order valence-corrected chi connectivity index (χ0v) is 15.8. The van der Waals surface area contributed by atoms with Crippen molar-refractivity contribution in [2.75, 3.05) is 11.9 Å². The van der Waals surface area contributed by atoms with E-state index in [1.165, 1.54) is 18.0 Å². The summed E-state index contributed by atoms with van der Waals surface area (Å²) in [6.07, 6.45) is 3.80. The maximum atomic E-state index is 12.2. The average molecular weight is 381 g/mol. The smallest absolute Gasteiger partial charge is 0.254 e. The van der Waals surface area contributed by atoms with Crippen molar-refractivity contribution in [3.8, 4) is 0 Å². The van der Waals surface area contributed by atoms with Crippen LogP contribution in [-0.2, 0) is 13.0 Å². The predicted molar refractivity (Wildman–Crippen MR) is 108 cm³/mol. The molecular formula is C21H21ClN4O. The van der Waals surface area contributed by atoms with Crippen LogP contribution < -0.4 is 10.6 Å². The number of carbonyl (C=O) groups is 1.